The maximum Gasteiger partial charge on any atom is 0.328 e. The van der Waals surface area contributed by atoms with Gasteiger partial charge in [0.25, 0.3) is 0 Å². The predicted molar refractivity (Wildman–Crippen MR) is 66.1 cm³/mol. The molecule has 0 saturated heterocycles. The number of aliphatic carboxylic acids is 1. The van der Waals surface area contributed by atoms with Crippen LogP contribution in [0.4, 0.5) is 0 Å². The van der Waals surface area contributed by atoms with Gasteiger partial charge in [0.1, 0.15) is 0 Å². The lowest BCUT2D eigenvalue weighted by atomic mass is 10.00. The maximum atomic E-state index is 11.9. The Morgan fingerprint density at radius 1 is 1.17 bits per heavy atom. The molecule has 0 spiro atoms. The highest BCUT2D eigenvalue weighted by atomic mass is 16.4. The molecule has 0 bridgehead atoms. The molecule has 3 N–H and O–H groups in total. The number of carboxylic acids is 1. The van der Waals surface area contributed by atoms with Crippen LogP contribution in [-0.2, 0) is 9.59 Å². The van der Waals surface area contributed by atoms with Crippen molar-refractivity contribution in [1.82, 2.24) is 5.32 Å². The largest absolute Gasteiger partial charge is 0.480 e. The van der Waals surface area contributed by atoms with E-state index in [1.807, 2.05) is 18.2 Å². The van der Waals surface area contributed by atoms with Crippen LogP contribution in [-0.4, -0.2) is 34.2 Å². The third kappa shape index (κ3) is 3.56. The van der Waals surface area contributed by atoms with Crippen LogP contribution >= 0.6 is 0 Å². The summed E-state index contributed by atoms with van der Waals surface area (Å²) >= 11 is 0. The zero-order chi connectivity index (χ0) is 13.7. The van der Waals surface area contributed by atoms with Gasteiger partial charge in [-0.2, -0.15) is 0 Å². The summed E-state index contributed by atoms with van der Waals surface area (Å²) in [7, 11) is 0. The van der Waals surface area contributed by atoms with Gasteiger partial charge in [-0.15, -0.1) is 0 Å². The molecule has 0 aliphatic rings. The molecule has 5 heteroatoms. The monoisotopic (exact) mass is 251 g/mol. The molecule has 0 heterocycles. The smallest absolute Gasteiger partial charge is 0.328 e. The van der Waals surface area contributed by atoms with E-state index in [2.05, 4.69) is 5.32 Å². The van der Waals surface area contributed by atoms with E-state index in [0.717, 1.165) is 5.56 Å². The zero-order valence-corrected chi connectivity index (χ0v) is 10.3. The van der Waals surface area contributed by atoms with Crippen molar-refractivity contribution in [3.8, 4) is 0 Å². The third-order valence-electron chi connectivity index (χ3n) is 2.74. The van der Waals surface area contributed by atoms with Gasteiger partial charge in [-0.1, -0.05) is 30.3 Å². The molecule has 5 nitrogen and oxygen atoms in total. The van der Waals surface area contributed by atoms with Crippen LogP contribution in [0.15, 0.2) is 30.3 Å². The second-order valence-electron chi connectivity index (χ2n) is 4.20. The highest BCUT2D eigenvalue weighted by molar-refractivity contribution is 5.88. The van der Waals surface area contributed by atoms with Crippen molar-refractivity contribution in [3.63, 3.8) is 0 Å². The van der Waals surface area contributed by atoms with Gasteiger partial charge in [0, 0.05) is 0 Å². The van der Waals surface area contributed by atoms with Crippen molar-refractivity contribution in [2.75, 3.05) is 0 Å². The van der Waals surface area contributed by atoms with Crippen LogP contribution in [0.2, 0.25) is 0 Å². The molecule has 1 aromatic rings. The minimum absolute atomic E-state index is 0.422. The Balaban J connectivity index is 2.73. The fourth-order valence-electron chi connectivity index (χ4n) is 1.56. The van der Waals surface area contributed by atoms with E-state index in [1.54, 1.807) is 19.1 Å². The summed E-state index contributed by atoms with van der Waals surface area (Å²) in [6, 6.07) is 7.75. The first-order chi connectivity index (χ1) is 8.43. The lowest BCUT2D eigenvalue weighted by molar-refractivity contribution is -0.144. The van der Waals surface area contributed by atoms with Gasteiger partial charge in [0.2, 0.25) is 5.91 Å². The first kappa shape index (κ1) is 14.2. The number of nitrogens with one attached hydrogen (secondary N) is 1. The maximum absolute atomic E-state index is 11.9. The van der Waals surface area contributed by atoms with Gasteiger partial charge >= 0.3 is 5.97 Å². The van der Waals surface area contributed by atoms with E-state index in [-0.39, 0.29) is 0 Å². The molecule has 0 saturated carbocycles. The molecule has 3 unspecified atom stereocenters. The molecule has 1 rings (SSSR count). The summed E-state index contributed by atoms with van der Waals surface area (Å²) in [5, 5.41) is 20.5. The first-order valence-corrected chi connectivity index (χ1v) is 5.69. The number of carbonyl (C=O) groups excluding carboxylic acids is 1. The van der Waals surface area contributed by atoms with Crippen molar-refractivity contribution in [2.24, 2.45) is 0 Å². The van der Waals surface area contributed by atoms with Crippen molar-refractivity contribution < 1.29 is 19.8 Å². The Labute approximate surface area is 105 Å². The summed E-state index contributed by atoms with van der Waals surface area (Å²) in [4.78, 5) is 22.7. The number of carbonyl (C=O) groups is 2. The Hall–Kier alpha value is -1.88. The highest BCUT2D eigenvalue weighted by Crippen LogP contribution is 2.14. The number of carboxylic acid groups (broad SMARTS) is 1. The third-order valence-corrected chi connectivity index (χ3v) is 2.74. The van der Waals surface area contributed by atoms with Crippen LogP contribution in [0.1, 0.15) is 25.3 Å². The fourth-order valence-corrected chi connectivity index (χ4v) is 1.56. The average Bonchev–Trinajstić information content (AvgIpc) is 2.35. The summed E-state index contributed by atoms with van der Waals surface area (Å²) in [6.45, 7) is 3.01. The second-order valence-corrected chi connectivity index (χ2v) is 4.20. The van der Waals surface area contributed by atoms with Crippen molar-refractivity contribution in [2.45, 2.75) is 31.9 Å². The molecule has 0 aliphatic carbocycles. The zero-order valence-electron chi connectivity index (χ0n) is 10.3. The molecular formula is C13H17NO4. The van der Waals surface area contributed by atoms with E-state index in [1.165, 1.54) is 6.92 Å². The second kappa shape index (κ2) is 6.16. The molecule has 98 valence electrons. The molecule has 0 fully saturated rings. The van der Waals surface area contributed by atoms with E-state index in [9.17, 15) is 14.7 Å². The van der Waals surface area contributed by atoms with E-state index in [0.29, 0.717) is 0 Å². The van der Waals surface area contributed by atoms with Crippen LogP contribution in [0, 0.1) is 0 Å². The van der Waals surface area contributed by atoms with Crippen molar-refractivity contribution >= 4 is 11.9 Å². The van der Waals surface area contributed by atoms with E-state index < -0.39 is 29.9 Å². The quantitative estimate of drug-likeness (QED) is 0.720. The molecule has 0 radical (unpaired) electrons. The summed E-state index contributed by atoms with van der Waals surface area (Å²) < 4.78 is 0. The molecule has 1 aromatic carbocycles. The standard InChI is InChI=1S/C13H17NO4/c1-8(10-6-4-3-5-7-10)12(16)14-11(9(2)15)13(17)18/h3-9,11,15H,1-2H3,(H,14,16)(H,17,18). The number of hydrogen-bond donors (Lipinski definition) is 3. The SMILES string of the molecule is CC(C(=O)NC(C(=O)O)C(C)O)c1ccccc1. The van der Waals surface area contributed by atoms with Crippen LogP contribution < -0.4 is 5.32 Å². The Bertz CT molecular complexity index is 416. The number of aliphatic hydroxyl groups is 1. The summed E-state index contributed by atoms with van der Waals surface area (Å²) in [5.74, 6) is -2.14. The Morgan fingerprint density at radius 3 is 2.17 bits per heavy atom. The summed E-state index contributed by atoms with van der Waals surface area (Å²) in [6.07, 6.45) is -1.14. The lowest BCUT2D eigenvalue weighted by Crippen LogP contribution is -2.48. The fraction of sp³-hybridized carbons (Fsp3) is 0.385. The number of aliphatic hydroxyl groups excluding tert-OH is 1. The minimum Gasteiger partial charge on any atom is -0.480 e. The minimum atomic E-state index is -1.29. The van der Waals surface area contributed by atoms with Crippen LogP contribution in [0.5, 0.6) is 0 Å². The normalized spacial score (nSPS) is 15.5. The van der Waals surface area contributed by atoms with Gasteiger partial charge in [-0.25, -0.2) is 4.79 Å². The topological polar surface area (TPSA) is 86.6 Å². The summed E-state index contributed by atoms with van der Waals surface area (Å²) in [5.41, 5.74) is 0.796. The average molecular weight is 251 g/mol. The molecule has 0 aliphatic heterocycles. The first-order valence-electron chi connectivity index (χ1n) is 5.69. The van der Waals surface area contributed by atoms with Gasteiger partial charge in [-0.05, 0) is 19.4 Å². The van der Waals surface area contributed by atoms with Gasteiger partial charge in [-0.3, -0.25) is 4.79 Å². The number of hydrogen-bond acceptors (Lipinski definition) is 3. The predicted octanol–water partition coefficient (Wildman–Crippen LogP) is 0.740. The van der Waals surface area contributed by atoms with E-state index in [4.69, 9.17) is 5.11 Å². The van der Waals surface area contributed by atoms with Gasteiger partial charge in [0.05, 0.1) is 12.0 Å². The van der Waals surface area contributed by atoms with Gasteiger partial charge < -0.3 is 15.5 Å². The van der Waals surface area contributed by atoms with Crippen molar-refractivity contribution in [3.05, 3.63) is 35.9 Å². The number of rotatable bonds is 5. The highest BCUT2D eigenvalue weighted by Gasteiger charge is 2.27. The number of benzene rings is 1. The van der Waals surface area contributed by atoms with Crippen LogP contribution in [0.25, 0.3) is 0 Å². The number of amides is 1. The Morgan fingerprint density at radius 2 is 1.72 bits per heavy atom. The molecular weight excluding hydrogens is 234 g/mol. The van der Waals surface area contributed by atoms with Crippen LogP contribution in [0.3, 0.4) is 0 Å². The molecule has 3 atom stereocenters. The lowest BCUT2D eigenvalue weighted by Gasteiger charge is -2.20. The van der Waals surface area contributed by atoms with E-state index >= 15 is 0 Å². The Kier molecular flexibility index (Phi) is 4.85. The van der Waals surface area contributed by atoms with Crippen molar-refractivity contribution in [1.29, 1.82) is 0 Å². The molecule has 18 heavy (non-hydrogen) atoms. The molecule has 1 amide bonds. The van der Waals surface area contributed by atoms with Gasteiger partial charge in [0.15, 0.2) is 6.04 Å². The molecule has 0 aromatic heterocycles.